The first-order chi connectivity index (χ1) is 10.0. The quantitative estimate of drug-likeness (QED) is 0.678. The van der Waals surface area contributed by atoms with E-state index in [2.05, 4.69) is 0 Å². The van der Waals surface area contributed by atoms with E-state index in [0.717, 1.165) is 0 Å². The zero-order valence-corrected chi connectivity index (χ0v) is 11.6. The molecular weight excluding hydrogens is 299 g/mol. The molecule has 0 aliphatic carbocycles. The number of nitro groups is 1. The minimum absolute atomic E-state index is 0.0531. The monoisotopic (exact) mass is 310 g/mol. The van der Waals surface area contributed by atoms with Gasteiger partial charge in [0, 0.05) is 29.8 Å². The fraction of sp³-hybridized carbons (Fsp3) is 0.143. The topological polar surface area (TPSA) is 78.4 Å². The number of rotatable bonds is 5. The molecule has 0 aliphatic rings. The first kappa shape index (κ1) is 15.2. The molecule has 0 amide bonds. The number of nitrogens with zero attached hydrogens (tertiary/aromatic N) is 1. The van der Waals surface area contributed by atoms with Crippen LogP contribution >= 0.6 is 11.6 Å². The normalized spacial score (nSPS) is 10.4. The third-order valence-electron chi connectivity index (χ3n) is 2.87. The van der Waals surface area contributed by atoms with Crippen molar-refractivity contribution in [3.8, 4) is 5.75 Å². The van der Waals surface area contributed by atoms with Gasteiger partial charge in [-0.15, -0.1) is 0 Å². The smallest absolute Gasteiger partial charge is 0.270 e. The van der Waals surface area contributed by atoms with Crippen LogP contribution in [0.15, 0.2) is 36.4 Å². The highest BCUT2D eigenvalue weighted by molar-refractivity contribution is 6.31. The lowest BCUT2D eigenvalue weighted by atomic mass is 10.1. The molecule has 0 saturated carbocycles. The number of halogens is 2. The number of hydrogen-bond acceptors (Lipinski definition) is 4. The fourth-order valence-corrected chi connectivity index (χ4v) is 2.00. The minimum atomic E-state index is -0.500. The molecule has 2 aromatic carbocycles. The van der Waals surface area contributed by atoms with E-state index < -0.39 is 10.7 Å². The van der Waals surface area contributed by atoms with Crippen LogP contribution in [-0.2, 0) is 13.2 Å². The van der Waals surface area contributed by atoms with Gasteiger partial charge in [0.15, 0.2) is 0 Å². The van der Waals surface area contributed by atoms with Crippen LogP contribution in [0, 0.1) is 15.9 Å². The van der Waals surface area contributed by atoms with Crippen molar-refractivity contribution in [2.75, 3.05) is 0 Å². The Labute approximate surface area is 125 Å². The van der Waals surface area contributed by atoms with Crippen LogP contribution in [0.25, 0.3) is 0 Å². The molecule has 0 unspecified atom stereocenters. The van der Waals surface area contributed by atoms with Crippen molar-refractivity contribution in [1.29, 1.82) is 0 Å². The van der Waals surface area contributed by atoms with Crippen molar-refractivity contribution in [2.45, 2.75) is 13.2 Å². The Balaban J connectivity index is 2.17. The van der Waals surface area contributed by atoms with Gasteiger partial charge in [0.25, 0.3) is 5.69 Å². The van der Waals surface area contributed by atoms with E-state index in [-0.39, 0.29) is 23.9 Å². The van der Waals surface area contributed by atoms with Gasteiger partial charge in [-0.3, -0.25) is 10.1 Å². The van der Waals surface area contributed by atoms with Gasteiger partial charge >= 0.3 is 0 Å². The third kappa shape index (κ3) is 3.68. The molecule has 0 aromatic heterocycles. The van der Waals surface area contributed by atoms with Crippen molar-refractivity contribution >= 4 is 17.3 Å². The highest BCUT2D eigenvalue weighted by atomic mass is 35.5. The van der Waals surface area contributed by atoms with Gasteiger partial charge in [-0.05, 0) is 18.2 Å². The van der Waals surface area contributed by atoms with Crippen molar-refractivity contribution in [3.05, 3.63) is 68.5 Å². The zero-order chi connectivity index (χ0) is 15.4. The lowest BCUT2D eigenvalue weighted by molar-refractivity contribution is -0.384. The molecular formula is C14H12ClFN2O3. The van der Waals surface area contributed by atoms with Gasteiger partial charge in [-0.25, -0.2) is 4.39 Å². The van der Waals surface area contributed by atoms with E-state index in [0.29, 0.717) is 16.9 Å². The van der Waals surface area contributed by atoms with Crippen molar-refractivity contribution < 1.29 is 14.1 Å². The molecule has 0 saturated heterocycles. The maximum atomic E-state index is 12.9. The first-order valence-corrected chi connectivity index (χ1v) is 6.43. The summed E-state index contributed by atoms with van der Waals surface area (Å²) in [6.45, 7) is 0.220. The highest BCUT2D eigenvalue weighted by Gasteiger charge is 2.11. The van der Waals surface area contributed by atoms with Crippen LogP contribution < -0.4 is 10.5 Å². The molecule has 5 nitrogen and oxygen atoms in total. The summed E-state index contributed by atoms with van der Waals surface area (Å²) in [6, 6.07) is 8.18. The predicted octanol–water partition coefficient (Wildman–Crippen LogP) is 3.43. The SMILES string of the molecule is NCc1cc([N+](=O)[O-])ccc1OCc1ccc(F)cc1Cl. The summed E-state index contributed by atoms with van der Waals surface area (Å²) < 4.78 is 18.5. The molecule has 2 aromatic rings. The Hall–Kier alpha value is -2.18. The molecule has 0 bridgehead atoms. The average Bonchev–Trinajstić information content (AvgIpc) is 2.46. The summed E-state index contributed by atoms with van der Waals surface area (Å²) >= 11 is 5.90. The van der Waals surface area contributed by atoms with Gasteiger partial charge in [-0.2, -0.15) is 0 Å². The molecule has 0 fully saturated rings. The van der Waals surface area contributed by atoms with Crippen LogP contribution in [0.2, 0.25) is 5.02 Å². The van der Waals surface area contributed by atoms with Crippen molar-refractivity contribution in [3.63, 3.8) is 0 Å². The number of ether oxygens (including phenoxy) is 1. The summed E-state index contributed by atoms with van der Waals surface area (Å²) in [7, 11) is 0. The van der Waals surface area contributed by atoms with E-state index >= 15 is 0 Å². The van der Waals surface area contributed by atoms with Crippen LogP contribution in [0.3, 0.4) is 0 Å². The van der Waals surface area contributed by atoms with Crippen molar-refractivity contribution in [2.24, 2.45) is 5.73 Å². The van der Waals surface area contributed by atoms with Crippen molar-refractivity contribution in [1.82, 2.24) is 0 Å². The van der Waals surface area contributed by atoms with Gasteiger partial charge in [0.05, 0.1) is 9.95 Å². The Kier molecular flexibility index (Phi) is 4.72. The average molecular weight is 311 g/mol. The number of nitro benzene ring substituents is 1. The van der Waals surface area contributed by atoms with E-state index in [1.807, 2.05) is 0 Å². The number of nitrogens with two attached hydrogens (primary N) is 1. The Morgan fingerprint density at radius 3 is 2.62 bits per heavy atom. The lowest BCUT2D eigenvalue weighted by Gasteiger charge is -2.11. The Morgan fingerprint density at radius 2 is 2.00 bits per heavy atom. The minimum Gasteiger partial charge on any atom is -0.489 e. The first-order valence-electron chi connectivity index (χ1n) is 6.05. The molecule has 21 heavy (non-hydrogen) atoms. The second-order valence-electron chi connectivity index (χ2n) is 4.28. The second-order valence-corrected chi connectivity index (χ2v) is 4.68. The lowest BCUT2D eigenvalue weighted by Crippen LogP contribution is -2.04. The maximum Gasteiger partial charge on any atom is 0.270 e. The largest absolute Gasteiger partial charge is 0.489 e. The van der Waals surface area contributed by atoms with Gasteiger partial charge in [0.1, 0.15) is 18.2 Å². The number of benzene rings is 2. The van der Waals surface area contributed by atoms with E-state index in [1.165, 1.54) is 36.4 Å². The summed E-state index contributed by atoms with van der Waals surface area (Å²) in [5, 5.41) is 11.0. The molecule has 0 aliphatic heterocycles. The summed E-state index contributed by atoms with van der Waals surface area (Å²) in [6.07, 6.45) is 0. The fourth-order valence-electron chi connectivity index (χ4n) is 1.77. The molecule has 0 radical (unpaired) electrons. The van der Waals surface area contributed by atoms with E-state index in [4.69, 9.17) is 22.1 Å². The van der Waals surface area contributed by atoms with Crippen LogP contribution in [0.5, 0.6) is 5.75 Å². The number of hydrogen-bond donors (Lipinski definition) is 1. The molecule has 2 rings (SSSR count). The van der Waals surface area contributed by atoms with Crippen LogP contribution in [0.4, 0.5) is 10.1 Å². The van der Waals surface area contributed by atoms with Gasteiger partial charge in [0.2, 0.25) is 0 Å². The molecule has 110 valence electrons. The molecule has 0 atom stereocenters. The summed E-state index contributed by atoms with van der Waals surface area (Å²) in [4.78, 5) is 10.2. The Morgan fingerprint density at radius 1 is 1.24 bits per heavy atom. The second kappa shape index (κ2) is 6.51. The third-order valence-corrected chi connectivity index (χ3v) is 3.22. The summed E-state index contributed by atoms with van der Waals surface area (Å²) in [5.41, 5.74) is 6.63. The van der Waals surface area contributed by atoms with Gasteiger partial charge in [-0.1, -0.05) is 17.7 Å². The molecule has 7 heteroatoms. The highest BCUT2D eigenvalue weighted by Crippen LogP contribution is 2.26. The summed E-state index contributed by atoms with van der Waals surface area (Å²) in [5.74, 6) is 0.00484. The van der Waals surface area contributed by atoms with Crippen LogP contribution in [-0.4, -0.2) is 4.92 Å². The number of non-ortho nitro benzene ring substituents is 1. The van der Waals surface area contributed by atoms with E-state index in [9.17, 15) is 14.5 Å². The standard InChI is InChI=1S/C14H12ClFN2O3/c15-13-6-11(16)2-1-9(13)8-21-14-4-3-12(18(19)20)5-10(14)7-17/h1-6H,7-8,17H2. The molecule has 2 N–H and O–H groups in total. The van der Waals surface area contributed by atoms with Crippen LogP contribution in [0.1, 0.15) is 11.1 Å². The molecule has 0 heterocycles. The van der Waals surface area contributed by atoms with E-state index in [1.54, 1.807) is 0 Å². The Bertz CT molecular complexity index is 679. The van der Waals surface area contributed by atoms with Gasteiger partial charge < -0.3 is 10.5 Å². The zero-order valence-electron chi connectivity index (χ0n) is 10.9. The predicted molar refractivity (Wildman–Crippen MR) is 76.7 cm³/mol. The maximum absolute atomic E-state index is 12.9. The molecule has 0 spiro atoms.